The fraction of sp³-hybridized carbons (Fsp3) is 0.385. The van der Waals surface area contributed by atoms with Gasteiger partial charge in [-0.2, -0.15) is 13.2 Å². The third-order valence-corrected chi connectivity index (χ3v) is 7.13. The Balaban J connectivity index is 1.42. The normalized spacial score (nSPS) is 21.8. The number of carbonyl (C=O) groups excluding carboxylic acids is 2. The predicted molar refractivity (Wildman–Crippen MR) is 118 cm³/mol. The van der Waals surface area contributed by atoms with Gasteiger partial charge in [-0.05, 0) is 67.5 Å². The topological polar surface area (TPSA) is 46.6 Å². The Bertz CT molecular complexity index is 1150. The molecule has 0 aromatic heterocycles. The van der Waals surface area contributed by atoms with Crippen molar-refractivity contribution in [1.29, 1.82) is 0 Å². The number of allylic oxidation sites excluding steroid dienone is 2. The highest BCUT2D eigenvalue weighted by atomic mass is 19.4. The van der Waals surface area contributed by atoms with Gasteiger partial charge in [-0.1, -0.05) is 18.2 Å². The maximum absolute atomic E-state index is 13.9. The van der Waals surface area contributed by atoms with E-state index in [1.165, 1.54) is 25.3 Å². The Morgan fingerprint density at radius 3 is 2.39 bits per heavy atom. The number of anilines is 1. The number of ether oxygens (including phenoxy) is 1. The Kier molecular flexibility index (Phi) is 5.30. The van der Waals surface area contributed by atoms with Gasteiger partial charge in [0.25, 0.3) is 0 Å². The molecule has 2 fully saturated rings. The van der Waals surface area contributed by atoms with Crippen LogP contribution in [0.1, 0.15) is 52.7 Å². The van der Waals surface area contributed by atoms with Gasteiger partial charge in [0.1, 0.15) is 5.75 Å². The molecule has 0 unspecified atom stereocenters. The molecule has 0 saturated carbocycles. The first-order chi connectivity index (χ1) is 15.8. The molecule has 172 valence electrons. The molecule has 0 amide bonds. The lowest BCUT2D eigenvalue weighted by atomic mass is 9.86. The van der Waals surface area contributed by atoms with E-state index in [0.717, 1.165) is 31.2 Å². The lowest BCUT2D eigenvalue weighted by molar-refractivity contribution is -0.138. The highest BCUT2D eigenvalue weighted by Crippen LogP contribution is 2.43. The number of benzene rings is 2. The molecular weight excluding hydrogens is 431 g/mol. The number of alkyl halides is 3. The van der Waals surface area contributed by atoms with E-state index in [1.807, 2.05) is 0 Å². The van der Waals surface area contributed by atoms with Gasteiger partial charge in [-0.3, -0.25) is 9.59 Å². The van der Waals surface area contributed by atoms with Crippen molar-refractivity contribution in [1.82, 2.24) is 0 Å². The molecule has 0 radical (unpaired) electrons. The van der Waals surface area contributed by atoms with Crippen LogP contribution in [0.2, 0.25) is 0 Å². The Labute approximate surface area is 190 Å². The summed E-state index contributed by atoms with van der Waals surface area (Å²) in [5, 5.41) is 0. The first-order valence-corrected chi connectivity index (χ1v) is 11.2. The fourth-order valence-electron chi connectivity index (χ4n) is 5.51. The zero-order valence-corrected chi connectivity index (χ0v) is 18.2. The molecule has 0 spiro atoms. The molecule has 2 heterocycles. The van der Waals surface area contributed by atoms with Gasteiger partial charge in [0.05, 0.1) is 18.2 Å². The number of halogens is 3. The van der Waals surface area contributed by atoms with Crippen LogP contribution in [-0.2, 0) is 23.8 Å². The number of nitrogens with zero attached hydrogens (tertiary/aromatic N) is 1. The minimum atomic E-state index is -4.59. The van der Waals surface area contributed by atoms with Crippen LogP contribution < -0.4 is 9.64 Å². The number of fused-ring (bicyclic) bond motifs is 3. The minimum absolute atomic E-state index is 0.0643. The average Bonchev–Trinajstić information content (AvgIpc) is 3.39. The molecule has 3 aliphatic rings. The molecule has 0 atom stereocenters. The lowest BCUT2D eigenvalue weighted by Gasteiger charge is -2.26. The maximum atomic E-state index is 13.9. The molecule has 1 aliphatic carbocycles. The van der Waals surface area contributed by atoms with Crippen LogP contribution in [-0.4, -0.2) is 30.8 Å². The first-order valence-electron chi connectivity index (χ1n) is 11.2. The maximum Gasteiger partial charge on any atom is 0.416 e. The van der Waals surface area contributed by atoms with E-state index in [9.17, 15) is 22.8 Å². The van der Waals surface area contributed by atoms with E-state index < -0.39 is 29.7 Å². The lowest BCUT2D eigenvalue weighted by Crippen LogP contribution is -2.28. The highest BCUT2D eigenvalue weighted by Gasteiger charge is 2.41. The zero-order chi connectivity index (χ0) is 23.3. The number of hydrogen-bond acceptors (Lipinski definition) is 4. The van der Waals surface area contributed by atoms with Gasteiger partial charge in [-0.15, -0.1) is 0 Å². The van der Waals surface area contributed by atoms with Crippen molar-refractivity contribution in [3.8, 4) is 5.75 Å². The van der Waals surface area contributed by atoms with Crippen molar-refractivity contribution in [2.75, 3.05) is 12.0 Å². The second kappa shape index (κ2) is 8.04. The van der Waals surface area contributed by atoms with E-state index in [4.69, 9.17) is 4.74 Å². The zero-order valence-electron chi connectivity index (χ0n) is 18.2. The highest BCUT2D eigenvalue weighted by molar-refractivity contribution is 6.27. The summed E-state index contributed by atoms with van der Waals surface area (Å²) in [6, 6.07) is 9.92. The summed E-state index contributed by atoms with van der Waals surface area (Å²) in [5.41, 5.74) is 0.718. The quantitative estimate of drug-likeness (QED) is 0.573. The van der Waals surface area contributed by atoms with Crippen LogP contribution in [0.3, 0.4) is 0 Å². The molecule has 0 N–H and O–H groups in total. The molecule has 4 nitrogen and oxygen atoms in total. The van der Waals surface area contributed by atoms with E-state index in [1.54, 1.807) is 24.3 Å². The van der Waals surface area contributed by atoms with Crippen molar-refractivity contribution < 1.29 is 27.5 Å². The minimum Gasteiger partial charge on any atom is -0.497 e. The predicted octanol–water partition coefficient (Wildman–Crippen LogP) is 5.32. The smallest absolute Gasteiger partial charge is 0.416 e. The van der Waals surface area contributed by atoms with Crippen molar-refractivity contribution in [2.24, 2.45) is 0 Å². The summed E-state index contributed by atoms with van der Waals surface area (Å²) in [5.74, 6) is -0.589. The van der Waals surface area contributed by atoms with Crippen molar-refractivity contribution in [2.45, 2.75) is 56.8 Å². The van der Waals surface area contributed by atoms with Gasteiger partial charge in [0, 0.05) is 29.8 Å². The van der Waals surface area contributed by atoms with Gasteiger partial charge >= 0.3 is 6.18 Å². The second-order valence-corrected chi connectivity index (χ2v) is 8.98. The third-order valence-electron chi connectivity index (χ3n) is 7.13. The second-order valence-electron chi connectivity index (χ2n) is 8.98. The summed E-state index contributed by atoms with van der Waals surface area (Å²) in [4.78, 5) is 28.0. The molecule has 2 bridgehead atoms. The number of rotatable bonds is 5. The number of carbonyl (C=O) groups is 2. The van der Waals surface area contributed by atoms with E-state index in [0.29, 0.717) is 35.5 Å². The Morgan fingerprint density at radius 1 is 1.06 bits per heavy atom. The number of ketones is 2. The molecule has 2 aromatic carbocycles. The third kappa shape index (κ3) is 3.83. The molecule has 2 saturated heterocycles. The van der Waals surface area contributed by atoms with Crippen LogP contribution in [0.5, 0.6) is 5.75 Å². The number of hydrogen-bond donors (Lipinski definition) is 0. The number of methoxy groups -OCH3 is 1. The summed E-state index contributed by atoms with van der Waals surface area (Å²) < 4.78 is 47.0. The molecule has 2 aromatic rings. The molecule has 7 heteroatoms. The van der Waals surface area contributed by atoms with Crippen molar-refractivity contribution in [3.05, 3.63) is 70.3 Å². The Morgan fingerprint density at radius 2 is 1.76 bits per heavy atom. The van der Waals surface area contributed by atoms with Crippen LogP contribution in [0.4, 0.5) is 18.9 Å². The summed E-state index contributed by atoms with van der Waals surface area (Å²) in [6.45, 7) is 0. The fourth-order valence-corrected chi connectivity index (χ4v) is 5.51. The van der Waals surface area contributed by atoms with Crippen molar-refractivity contribution >= 4 is 17.3 Å². The van der Waals surface area contributed by atoms with Crippen LogP contribution in [0.25, 0.3) is 0 Å². The van der Waals surface area contributed by atoms with Gasteiger partial charge in [-0.25, -0.2) is 0 Å². The average molecular weight is 455 g/mol. The summed E-state index contributed by atoms with van der Waals surface area (Å²) in [6.07, 6.45) is 0.860. The van der Waals surface area contributed by atoms with Crippen molar-refractivity contribution in [3.63, 3.8) is 0 Å². The van der Waals surface area contributed by atoms with Gasteiger partial charge in [0.2, 0.25) is 0 Å². The largest absolute Gasteiger partial charge is 0.497 e. The number of Topliss-reactive ketones (excluding diaryl/α,β-unsaturated/α-hetero) is 2. The van der Waals surface area contributed by atoms with Crippen LogP contribution >= 0.6 is 0 Å². The van der Waals surface area contributed by atoms with E-state index in [-0.39, 0.29) is 11.1 Å². The SMILES string of the molecule is COc1ccc2c(c1)C(=O)C(C(=O)Cc1ccc(N3C4CCC3CC4)cc1C(F)(F)F)=CC2. The van der Waals surface area contributed by atoms with E-state index in [2.05, 4.69) is 4.90 Å². The van der Waals surface area contributed by atoms with Gasteiger partial charge in [0.15, 0.2) is 11.6 Å². The standard InChI is InChI=1S/C26H24F3NO3/c1-33-20-10-3-15-4-11-21(25(32)22(15)14-20)24(31)12-16-2-5-19(13-23(16)26(27,28)29)30-17-6-7-18(30)9-8-17/h2-3,5,10-11,13-14,17-18H,4,6-9,12H2,1H3. The monoisotopic (exact) mass is 455 g/mol. The van der Waals surface area contributed by atoms with Crippen LogP contribution in [0, 0.1) is 0 Å². The van der Waals surface area contributed by atoms with Gasteiger partial charge < -0.3 is 9.64 Å². The molecule has 33 heavy (non-hydrogen) atoms. The molecule has 2 aliphatic heterocycles. The molecule has 5 rings (SSSR count). The molecular formula is C26H24F3NO3. The first kappa shape index (κ1) is 21.7. The summed E-state index contributed by atoms with van der Waals surface area (Å²) in [7, 11) is 1.48. The summed E-state index contributed by atoms with van der Waals surface area (Å²) >= 11 is 0. The Hall–Kier alpha value is -3.09. The van der Waals surface area contributed by atoms with E-state index >= 15 is 0 Å². The van der Waals surface area contributed by atoms with Crippen LogP contribution in [0.15, 0.2) is 48.0 Å².